The number of carbonyl (C=O) groups excluding carboxylic acids is 2. The number of amides is 2. The predicted molar refractivity (Wildman–Crippen MR) is 41.0 cm³/mol. The highest BCUT2D eigenvalue weighted by Gasteiger charge is 2.35. The molecule has 1 heterocycles. The number of nitrogens with zero attached hydrogens (tertiary/aromatic N) is 1. The Balaban J connectivity index is 2.72. The summed E-state index contributed by atoms with van der Waals surface area (Å²) in [5, 5.41) is 9.17. The maximum absolute atomic E-state index is 10.9. The van der Waals surface area contributed by atoms with Crippen LogP contribution in [0.3, 0.4) is 0 Å². The Bertz CT molecular complexity index is 195. The lowest BCUT2D eigenvalue weighted by Gasteiger charge is -2.19. The molecule has 0 bridgehead atoms. The molecule has 0 saturated carbocycles. The topological polar surface area (TPSA) is 83.6 Å². The van der Waals surface area contributed by atoms with Gasteiger partial charge in [-0.2, -0.15) is 0 Å². The summed E-state index contributed by atoms with van der Waals surface area (Å²) in [5.41, 5.74) is 5.04. The van der Waals surface area contributed by atoms with E-state index in [-0.39, 0.29) is 18.9 Å². The van der Waals surface area contributed by atoms with Gasteiger partial charge in [-0.25, -0.2) is 0 Å². The molecule has 2 atom stereocenters. The number of rotatable bonds is 1. The fourth-order valence-electron chi connectivity index (χ4n) is 1.43. The third-order valence-corrected chi connectivity index (χ3v) is 2.01. The fourth-order valence-corrected chi connectivity index (χ4v) is 1.43. The Hall–Kier alpha value is -1.10. The number of aliphatic hydroxyl groups excluding tert-OH is 1. The molecule has 5 nitrogen and oxygen atoms in total. The Morgan fingerprint density at radius 2 is 2.17 bits per heavy atom. The van der Waals surface area contributed by atoms with Crippen LogP contribution in [0.25, 0.3) is 0 Å². The van der Waals surface area contributed by atoms with Crippen LogP contribution in [0.2, 0.25) is 0 Å². The zero-order chi connectivity index (χ0) is 9.30. The van der Waals surface area contributed by atoms with Crippen molar-refractivity contribution in [3.8, 4) is 0 Å². The molecule has 12 heavy (non-hydrogen) atoms. The van der Waals surface area contributed by atoms with Crippen molar-refractivity contribution in [3.63, 3.8) is 0 Å². The monoisotopic (exact) mass is 172 g/mol. The lowest BCUT2D eigenvalue weighted by molar-refractivity contribution is -0.135. The largest absolute Gasteiger partial charge is 0.391 e. The molecule has 0 radical (unpaired) electrons. The standard InChI is InChI=1S/C7H12N2O3/c1-4(10)9-3-5(11)2-6(9)7(8)12/h5-6,11H,2-3H2,1H3,(H2,8,12)/t5-,6-/m1/s1. The minimum absolute atomic E-state index is 0.211. The van der Waals surface area contributed by atoms with E-state index in [1.807, 2.05) is 0 Å². The first-order valence-corrected chi connectivity index (χ1v) is 3.77. The highest BCUT2D eigenvalue weighted by molar-refractivity contribution is 5.86. The molecule has 5 heteroatoms. The fraction of sp³-hybridized carbons (Fsp3) is 0.714. The Morgan fingerprint density at radius 1 is 1.58 bits per heavy atom. The maximum Gasteiger partial charge on any atom is 0.240 e. The third-order valence-electron chi connectivity index (χ3n) is 2.01. The Labute approximate surface area is 70.1 Å². The second-order valence-electron chi connectivity index (χ2n) is 2.98. The molecule has 1 saturated heterocycles. The van der Waals surface area contributed by atoms with Crippen molar-refractivity contribution in [1.82, 2.24) is 4.90 Å². The van der Waals surface area contributed by atoms with Gasteiger partial charge in [0.25, 0.3) is 0 Å². The van der Waals surface area contributed by atoms with Crippen molar-refractivity contribution in [2.45, 2.75) is 25.5 Å². The third kappa shape index (κ3) is 1.55. The summed E-state index contributed by atoms with van der Waals surface area (Å²) in [6.45, 7) is 1.57. The normalized spacial score (nSPS) is 29.0. The quantitative estimate of drug-likeness (QED) is 0.502. The van der Waals surface area contributed by atoms with Gasteiger partial charge in [-0.3, -0.25) is 9.59 Å². The van der Waals surface area contributed by atoms with E-state index < -0.39 is 18.1 Å². The minimum atomic E-state index is -0.627. The summed E-state index contributed by atoms with van der Waals surface area (Å²) < 4.78 is 0. The number of carbonyl (C=O) groups is 2. The van der Waals surface area contributed by atoms with Crippen LogP contribution in [0.5, 0.6) is 0 Å². The first-order chi connectivity index (χ1) is 5.52. The van der Waals surface area contributed by atoms with Gasteiger partial charge >= 0.3 is 0 Å². The van der Waals surface area contributed by atoms with Crippen molar-refractivity contribution in [3.05, 3.63) is 0 Å². The van der Waals surface area contributed by atoms with Gasteiger partial charge in [0.15, 0.2) is 0 Å². The Kier molecular flexibility index (Phi) is 2.32. The lowest BCUT2D eigenvalue weighted by atomic mass is 10.2. The van der Waals surface area contributed by atoms with E-state index in [9.17, 15) is 9.59 Å². The number of hydrogen-bond donors (Lipinski definition) is 2. The second-order valence-corrected chi connectivity index (χ2v) is 2.98. The summed E-state index contributed by atoms with van der Waals surface area (Å²) in [5.74, 6) is -0.780. The van der Waals surface area contributed by atoms with Gasteiger partial charge in [0, 0.05) is 19.9 Å². The Morgan fingerprint density at radius 3 is 2.50 bits per heavy atom. The van der Waals surface area contributed by atoms with E-state index in [4.69, 9.17) is 10.8 Å². The molecule has 68 valence electrons. The highest BCUT2D eigenvalue weighted by Crippen LogP contribution is 2.17. The van der Waals surface area contributed by atoms with Crippen molar-refractivity contribution in [1.29, 1.82) is 0 Å². The molecule has 1 rings (SSSR count). The minimum Gasteiger partial charge on any atom is -0.391 e. The molecular weight excluding hydrogens is 160 g/mol. The molecule has 0 aromatic carbocycles. The number of aliphatic hydroxyl groups is 1. The molecule has 0 aliphatic carbocycles. The molecule has 1 aliphatic heterocycles. The molecule has 2 amide bonds. The molecule has 0 spiro atoms. The van der Waals surface area contributed by atoms with Gasteiger partial charge in [-0.15, -0.1) is 0 Å². The van der Waals surface area contributed by atoms with Crippen LogP contribution >= 0.6 is 0 Å². The average Bonchev–Trinajstić information content (AvgIpc) is 2.31. The summed E-state index contributed by atoms with van der Waals surface area (Å²) in [6.07, 6.45) is -0.360. The summed E-state index contributed by atoms with van der Waals surface area (Å²) in [4.78, 5) is 23.0. The SMILES string of the molecule is CC(=O)N1C[C@H](O)C[C@@H]1C(N)=O. The van der Waals surface area contributed by atoms with Gasteiger partial charge in [0.1, 0.15) is 6.04 Å². The van der Waals surface area contributed by atoms with E-state index in [0.717, 1.165) is 0 Å². The van der Waals surface area contributed by atoms with Gasteiger partial charge < -0.3 is 15.7 Å². The summed E-state index contributed by atoms with van der Waals surface area (Å²) in [7, 11) is 0. The average molecular weight is 172 g/mol. The molecule has 0 aromatic rings. The smallest absolute Gasteiger partial charge is 0.240 e. The van der Waals surface area contributed by atoms with Crippen molar-refractivity contribution < 1.29 is 14.7 Å². The molecule has 0 aromatic heterocycles. The van der Waals surface area contributed by atoms with Gasteiger partial charge in [0.05, 0.1) is 6.10 Å². The molecule has 3 N–H and O–H groups in total. The second kappa shape index (κ2) is 3.10. The van der Waals surface area contributed by atoms with E-state index in [2.05, 4.69) is 0 Å². The summed E-state index contributed by atoms with van der Waals surface area (Å²) >= 11 is 0. The lowest BCUT2D eigenvalue weighted by Crippen LogP contribution is -2.42. The van der Waals surface area contributed by atoms with Crippen LogP contribution < -0.4 is 5.73 Å². The number of hydrogen-bond acceptors (Lipinski definition) is 3. The number of nitrogens with two attached hydrogens (primary N) is 1. The van der Waals surface area contributed by atoms with Crippen LogP contribution in [-0.2, 0) is 9.59 Å². The zero-order valence-corrected chi connectivity index (χ0v) is 6.86. The molecule has 1 fully saturated rings. The van der Waals surface area contributed by atoms with Gasteiger partial charge in [-0.05, 0) is 0 Å². The van der Waals surface area contributed by atoms with E-state index >= 15 is 0 Å². The highest BCUT2D eigenvalue weighted by atomic mass is 16.3. The van der Waals surface area contributed by atoms with Crippen molar-refractivity contribution in [2.75, 3.05) is 6.54 Å². The summed E-state index contributed by atoms with van der Waals surface area (Å²) in [6, 6.07) is -0.627. The van der Waals surface area contributed by atoms with E-state index in [0.29, 0.717) is 0 Å². The maximum atomic E-state index is 10.9. The van der Waals surface area contributed by atoms with Crippen LogP contribution in [0.1, 0.15) is 13.3 Å². The molecule has 0 unspecified atom stereocenters. The number of β-amino-alcohol motifs (C(OH)–C–C–N with tert-alkyl or cyclic N) is 1. The van der Waals surface area contributed by atoms with Crippen molar-refractivity contribution in [2.24, 2.45) is 5.73 Å². The predicted octanol–water partition coefficient (Wildman–Crippen LogP) is -1.55. The van der Waals surface area contributed by atoms with Crippen LogP contribution in [0.15, 0.2) is 0 Å². The van der Waals surface area contributed by atoms with Gasteiger partial charge in [-0.1, -0.05) is 0 Å². The number of likely N-dealkylation sites (tertiary alicyclic amines) is 1. The first-order valence-electron chi connectivity index (χ1n) is 3.77. The van der Waals surface area contributed by atoms with Crippen LogP contribution in [-0.4, -0.2) is 40.5 Å². The molecule has 1 aliphatic rings. The van der Waals surface area contributed by atoms with Crippen LogP contribution in [0, 0.1) is 0 Å². The van der Waals surface area contributed by atoms with E-state index in [1.54, 1.807) is 0 Å². The number of primary amides is 1. The zero-order valence-electron chi connectivity index (χ0n) is 6.86. The van der Waals surface area contributed by atoms with Crippen LogP contribution in [0.4, 0.5) is 0 Å². The van der Waals surface area contributed by atoms with E-state index in [1.165, 1.54) is 11.8 Å². The molecular formula is C7H12N2O3. The van der Waals surface area contributed by atoms with Gasteiger partial charge in [0.2, 0.25) is 11.8 Å². The van der Waals surface area contributed by atoms with Crippen molar-refractivity contribution >= 4 is 11.8 Å². The first kappa shape index (κ1) is 8.99.